The average Bonchev–Trinajstić information content (AvgIpc) is 2.78. The minimum Gasteiger partial charge on any atom is -0.464 e. The summed E-state index contributed by atoms with van der Waals surface area (Å²) >= 11 is 5.83. The lowest BCUT2D eigenvalue weighted by atomic mass is 10.1. The first-order valence-corrected chi connectivity index (χ1v) is 5.96. The molecule has 1 aromatic carbocycles. The minimum absolute atomic E-state index is 0.166. The molecule has 94 valence electrons. The van der Waals surface area contributed by atoms with Crippen LogP contribution in [0.15, 0.2) is 30.3 Å². The number of halogens is 1. The maximum atomic E-state index is 10.2. The van der Waals surface area contributed by atoms with Crippen LogP contribution in [0.5, 0.6) is 0 Å². The highest BCUT2D eigenvalue weighted by atomic mass is 35.5. The Labute approximate surface area is 110 Å². The van der Waals surface area contributed by atoms with Gasteiger partial charge >= 0.3 is 0 Å². The van der Waals surface area contributed by atoms with Gasteiger partial charge in [-0.05, 0) is 25.1 Å². The fourth-order valence-electron chi connectivity index (χ4n) is 1.69. The number of carbonyl (C=O) groups is 1. The summed E-state index contributed by atoms with van der Waals surface area (Å²) in [7, 11) is 0. The second kappa shape index (κ2) is 5.69. The number of H-pyrrole nitrogens is 1. The van der Waals surface area contributed by atoms with E-state index < -0.39 is 0 Å². The number of aromatic amines is 1. The number of hydrogen-bond donors (Lipinski definition) is 1. The van der Waals surface area contributed by atoms with Crippen molar-refractivity contribution in [2.45, 2.75) is 19.4 Å². The first kappa shape index (κ1) is 12.6. The summed E-state index contributed by atoms with van der Waals surface area (Å²) < 4.78 is 4.83. The summed E-state index contributed by atoms with van der Waals surface area (Å²) in [6, 6.07) is 9.40. The molecule has 4 nitrogen and oxygen atoms in total. The van der Waals surface area contributed by atoms with Gasteiger partial charge in [-0.2, -0.15) is 5.10 Å². The summed E-state index contributed by atoms with van der Waals surface area (Å²) in [5.41, 5.74) is 2.76. The van der Waals surface area contributed by atoms with Crippen molar-refractivity contribution in [1.82, 2.24) is 10.2 Å². The molecule has 0 amide bonds. The largest absolute Gasteiger partial charge is 0.464 e. The van der Waals surface area contributed by atoms with Crippen molar-refractivity contribution in [1.29, 1.82) is 0 Å². The summed E-state index contributed by atoms with van der Waals surface area (Å²) in [6.45, 7) is 2.29. The zero-order chi connectivity index (χ0) is 13.0. The lowest BCUT2D eigenvalue weighted by molar-refractivity contribution is -0.132. The molecule has 1 N–H and O–H groups in total. The number of nitrogens with one attached hydrogen (secondary N) is 1. The molecule has 1 heterocycles. The minimum atomic E-state index is -0.166. The van der Waals surface area contributed by atoms with E-state index in [0.29, 0.717) is 17.9 Å². The van der Waals surface area contributed by atoms with Crippen molar-refractivity contribution >= 4 is 18.1 Å². The maximum absolute atomic E-state index is 10.2. The van der Waals surface area contributed by atoms with E-state index in [0.717, 1.165) is 17.0 Å². The smallest absolute Gasteiger partial charge is 0.293 e. The van der Waals surface area contributed by atoms with E-state index in [1.807, 2.05) is 37.3 Å². The van der Waals surface area contributed by atoms with Crippen LogP contribution in [0, 0.1) is 0 Å². The van der Waals surface area contributed by atoms with Crippen molar-refractivity contribution in [3.8, 4) is 11.3 Å². The van der Waals surface area contributed by atoms with Crippen molar-refractivity contribution in [2.75, 3.05) is 0 Å². The molecule has 0 aliphatic heterocycles. The molecule has 2 rings (SSSR count). The zero-order valence-electron chi connectivity index (χ0n) is 9.89. The lowest BCUT2D eigenvalue weighted by Gasteiger charge is -2.06. The third kappa shape index (κ3) is 3.11. The highest BCUT2D eigenvalue weighted by molar-refractivity contribution is 6.30. The summed E-state index contributed by atoms with van der Waals surface area (Å²) in [5, 5.41) is 7.84. The maximum Gasteiger partial charge on any atom is 0.293 e. The van der Waals surface area contributed by atoms with E-state index in [4.69, 9.17) is 16.3 Å². The van der Waals surface area contributed by atoms with Crippen molar-refractivity contribution in [2.24, 2.45) is 0 Å². The van der Waals surface area contributed by atoms with Crippen LogP contribution in [-0.2, 0) is 16.0 Å². The normalized spacial score (nSPS) is 12.1. The van der Waals surface area contributed by atoms with E-state index in [1.165, 1.54) is 0 Å². The number of ether oxygens (including phenoxy) is 1. The van der Waals surface area contributed by atoms with Gasteiger partial charge in [-0.15, -0.1) is 0 Å². The van der Waals surface area contributed by atoms with Gasteiger partial charge in [0.2, 0.25) is 0 Å². The Hall–Kier alpha value is -1.81. The molecule has 0 bridgehead atoms. The van der Waals surface area contributed by atoms with Gasteiger partial charge in [0, 0.05) is 22.7 Å². The number of aromatic nitrogens is 2. The molecule has 2 aromatic rings. The Bertz CT molecular complexity index is 522. The van der Waals surface area contributed by atoms with E-state index in [-0.39, 0.29) is 6.10 Å². The van der Waals surface area contributed by atoms with Crippen LogP contribution in [0.25, 0.3) is 11.3 Å². The summed E-state index contributed by atoms with van der Waals surface area (Å²) in [5.74, 6) is 0. The standard InChI is InChI=1S/C13H13ClN2O2/c1-9(18-8-17)6-12-7-13(16-15-12)10-2-4-11(14)5-3-10/h2-5,7-9H,6H2,1H3,(H,15,16). The van der Waals surface area contributed by atoms with Gasteiger partial charge in [0.25, 0.3) is 6.47 Å². The molecule has 0 fully saturated rings. The molecule has 1 unspecified atom stereocenters. The third-order valence-electron chi connectivity index (χ3n) is 2.57. The van der Waals surface area contributed by atoms with Gasteiger partial charge in [0.1, 0.15) is 6.10 Å². The van der Waals surface area contributed by atoms with Gasteiger partial charge in [0.15, 0.2) is 0 Å². The average molecular weight is 265 g/mol. The molecule has 0 aliphatic rings. The molecule has 18 heavy (non-hydrogen) atoms. The molecule has 0 saturated carbocycles. The van der Waals surface area contributed by atoms with E-state index in [1.54, 1.807) is 0 Å². The predicted molar refractivity (Wildman–Crippen MR) is 69.3 cm³/mol. The van der Waals surface area contributed by atoms with E-state index in [9.17, 15) is 4.79 Å². The fraction of sp³-hybridized carbons (Fsp3) is 0.231. The van der Waals surface area contributed by atoms with Gasteiger partial charge in [-0.25, -0.2) is 0 Å². The highest BCUT2D eigenvalue weighted by Crippen LogP contribution is 2.20. The molecular formula is C13H13ClN2O2. The SMILES string of the molecule is CC(Cc1cc(-c2ccc(Cl)cc2)n[nH]1)OC=O. The van der Waals surface area contributed by atoms with Gasteiger partial charge < -0.3 is 4.74 Å². The third-order valence-corrected chi connectivity index (χ3v) is 2.82. The van der Waals surface area contributed by atoms with Crippen molar-refractivity contribution in [3.05, 3.63) is 41.0 Å². The molecule has 5 heteroatoms. The van der Waals surface area contributed by atoms with Gasteiger partial charge in [0.05, 0.1) is 5.69 Å². The Morgan fingerprint density at radius 3 is 2.83 bits per heavy atom. The van der Waals surface area contributed by atoms with Crippen LogP contribution in [0.4, 0.5) is 0 Å². The number of benzene rings is 1. The first-order valence-electron chi connectivity index (χ1n) is 5.58. The lowest BCUT2D eigenvalue weighted by Crippen LogP contribution is -2.10. The first-order chi connectivity index (χ1) is 8.69. The molecule has 0 spiro atoms. The van der Waals surface area contributed by atoms with E-state index >= 15 is 0 Å². The predicted octanol–water partition coefficient (Wildman–Crippen LogP) is 2.83. The second-order valence-electron chi connectivity index (χ2n) is 4.03. The quantitative estimate of drug-likeness (QED) is 0.845. The number of nitrogens with zero attached hydrogens (tertiary/aromatic N) is 1. The Balaban J connectivity index is 2.10. The number of rotatable bonds is 5. The topological polar surface area (TPSA) is 55.0 Å². The molecule has 1 aromatic heterocycles. The summed E-state index contributed by atoms with van der Waals surface area (Å²) in [4.78, 5) is 10.2. The van der Waals surface area contributed by atoms with Crippen LogP contribution < -0.4 is 0 Å². The fourth-order valence-corrected chi connectivity index (χ4v) is 1.81. The Morgan fingerprint density at radius 2 is 2.17 bits per heavy atom. The van der Waals surface area contributed by atoms with Crippen LogP contribution in [0.2, 0.25) is 5.02 Å². The van der Waals surface area contributed by atoms with Crippen LogP contribution in [0.1, 0.15) is 12.6 Å². The zero-order valence-corrected chi connectivity index (χ0v) is 10.6. The monoisotopic (exact) mass is 264 g/mol. The second-order valence-corrected chi connectivity index (χ2v) is 4.47. The summed E-state index contributed by atoms with van der Waals surface area (Å²) in [6.07, 6.45) is 0.445. The highest BCUT2D eigenvalue weighted by Gasteiger charge is 2.08. The Kier molecular flexibility index (Phi) is 3.99. The number of carbonyl (C=O) groups excluding carboxylic acids is 1. The van der Waals surface area contributed by atoms with Crippen molar-refractivity contribution in [3.63, 3.8) is 0 Å². The van der Waals surface area contributed by atoms with Crippen LogP contribution >= 0.6 is 11.6 Å². The van der Waals surface area contributed by atoms with Crippen LogP contribution in [-0.4, -0.2) is 22.8 Å². The molecule has 1 atom stereocenters. The van der Waals surface area contributed by atoms with Crippen molar-refractivity contribution < 1.29 is 9.53 Å². The number of hydrogen-bond acceptors (Lipinski definition) is 3. The van der Waals surface area contributed by atoms with Gasteiger partial charge in [-0.1, -0.05) is 23.7 Å². The van der Waals surface area contributed by atoms with Gasteiger partial charge in [-0.3, -0.25) is 9.89 Å². The molecule has 0 saturated heterocycles. The molecule has 0 radical (unpaired) electrons. The Morgan fingerprint density at radius 1 is 1.44 bits per heavy atom. The molecule has 0 aliphatic carbocycles. The van der Waals surface area contributed by atoms with E-state index in [2.05, 4.69) is 10.2 Å². The van der Waals surface area contributed by atoms with Crippen LogP contribution in [0.3, 0.4) is 0 Å². The molecular weight excluding hydrogens is 252 g/mol.